The molecule has 0 unspecified atom stereocenters. The van der Waals surface area contributed by atoms with E-state index in [2.05, 4.69) is 10.3 Å². The Labute approximate surface area is 181 Å². The van der Waals surface area contributed by atoms with Crippen molar-refractivity contribution in [3.05, 3.63) is 53.9 Å². The van der Waals surface area contributed by atoms with Crippen molar-refractivity contribution < 1.29 is 22.7 Å². The van der Waals surface area contributed by atoms with Crippen LogP contribution < -0.4 is 10.1 Å². The highest BCUT2D eigenvalue weighted by Gasteiger charge is 2.26. The highest BCUT2D eigenvalue weighted by molar-refractivity contribution is 7.91. The van der Waals surface area contributed by atoms with Crippen molar-refractivity contribution in [3.8, 4) is 5.75 Å². The van der Waals surface area contributed by atoms with Gasteiger partial charge in [0.25, 0.3) is 0 Å². The number of nitrogens with zero attached hydrogens (tertiary/aromatic N) is 2. The Morgan fingerprint density at radius 3 is 2.61 bits per heavy atom. The van der Waals surface area contributed by atoms with Gasteiger partial charge in [0.15, 0.2) is 9.84 Å². The van der Waals surface area contributed by atoms with E-state index < -0.39 is 15.9 Å². The molecule has 2 heterocycles. The van der Waals surface area contributed by atoms with Gasteiger partial charge in [-0.25, -0.2) is 13.2 Å². The summed E-state index contributed by atoms with van der Waals surface area (Å²) in [5.74, 6) is 0.215. The van der Waals surface area contributed by atoms with Gasteiger partial charge in [0.05, 0.1) is 16.8 Å². The Morgan fingerprint density at radius 2 is 1.94 bits per heavy atom. The van der Waals surface area contributed by atoms with Gasteiger partial charge >= 0.3 is 6.03 Å². The van der Waals surface area contributed by atoms with Gasteiger partial charge in [-0.1, -0.05) is 12.1 Å². The summed E-state index contributed by atoms with van der Waals surface area (Å²) in [7, 11) is -3.48. The molecule has 0 spiro atoms. The molecule has 1 N–H and O–H groups in total. The predicted molar refractivity (Wildman–Crippen MR) is 113 cm³/mol. The van der Waals surface area contributed by atoms with Crippen molar-refractivity contribution in [3.63, 3.8) is 0 Å². The molecule has 1 aromatic heterocycles. The Morgan fingerprint density at radius 1 is 1.13 bits per heavy atom. The molecule has 0 radical (unpaired) electrons. The fraction of sp³-hybridized carbons (Fsp3) is 0.409. The van der Waals surface area contributed by atoms with Crippen LogP contribution in [-0.2, 0) is 27.6 Å². The highest BCUT2D eigenvalue weighted by atomic mass is 32.2. The highest BCUT2D eigenvalue weighted by Crippen LogP contribution is 2.26. The second kappa shape index (κ2) is 9.05. The van der Waals surface area contributed by atoms with Crippen LogP contribution in [0.4, 0.5) is 4.79 Å². The van der Waals surface area contributed by atoms with Crippen LogP contribution in [0.2, 0.25) is 0 Å². The van der Waals surface area contributed by atoms with Gasteiger partial charge in [-0.15, -0.1) is 0 Å². The van der Waals surface area contributed by atoms with Crippen LogP contribution in [0, 0.1) is 0 Å². The van der Waals surface area contributed by atoms with E-state index in [1.807, 2.05) is 0 Å². The van der Waals surface area contributed by atoms with Gasteiger partial charge in [-0.05, 0) is 55.5 Å². The summed E-state index contributed by atoms with van der Waals surface area (Å²) in [6.45, 7) is 0.305. The number of aryl methyl sites for hydroxylation is 1. The van der Waals surface area contributed by atoms with Crippen LogP contribution in [0.3, 0.4) is 0 Å². The zero-order valence-corrected chi connectivity index (χ0v) is 17.9. The van der Waals surface area contributed by atoms with Gasteiger partial charge in [0, 0.05) is 24.9 Å². The molecule has 2 aliphatic rings. The first-order valence-corrected chi connectivity index (χ1v) is 12.1. The van der Waals surface area contributed by atoms with Crippen LogP contribution in [0.5, 0.6) is 5.75 Å². The molecular formula is C22H25N3O5S. The van der Waals surface area contributed by atoms with E-state index in [1.54, 1.807) is 42.6 Å². The molecule has 1 aromatic carbocycles. The first-order valence-electron chi connectivity index (χ1n) is 10.4. The van der Waals surface area contributed by atoms with Crippen LogP contribution in [0.25, 0.3) is 0 Å². The van der Waals surface area contributed by atoms with Crippen molar-refractivity contribution in [1.29, 1.82) is 0 Å². The summed E-state index contributed by atoms with van der Waals surface area (Å²) in [5, 5.41) is 2.23. The van der Waals surface area contributed by atoms with E-state index >= 15 is 0 Å². The molecule has 9 heteroatoms. The first kappa shape index (κ1) is 21.3. The lowest BCUT2D eigenvalue weighted by molar-refractivity contribution is -0.118. The monoisotopic (exact) mass is 443 g/mol. The number of imide groups is 1. The Balaban J connectivity index is 1.34. The number of ether oxygens (including phenoxy) is 1. The van der Waals surface area contributed by atoms with E-state index in [1.165, 1.54) is 4.90 Å². The number of sulfone groups is 1. The molecule has 0 atom stereocenters. The number of aromatic nitrogens is 1. The smallest absolute Gasteiger partial charge is 0.324 e. The number of pyridine rings is 1. The van der Waals surface area contributed by atoms with Gasteiger partial charge in [-0.2, -0.15) is 0 Å². The topological polar surface area (TPSA) is 106 Å². The summed E-state index contributed by atoms with van der Waals surface area (Å²) >= 11 is 0. The molecule has 2 fully saturated rings. The molecule has 0 bridgehead atoms. The number of amides is 3. The van der Waals surface area contributed by atoms with E-state index in [0.717, 1.165) is 31.2 Å². The Bertz CT molecular complexity index is 1060. The molecule has 8 nitrogen and oxygen atoms in total. The summed E-state index contributed by atoms with van der Waals surface area (Å²) in [5.41, 5.74) is 1.42. The molecular weight excluding hydrogens is 418 g/mol. The lowest BCUT2D eigenvalue weighted by atomic mass is 10.2. The van der Waals surface area contributed by atoms with Crippen LogP contribution in [-0.4, -0.2) is 48.6 Å². The second-order valence-corrected chi connectivity index (χ2v) is 10.0. The summed E-state index contributed by atoms with van der Waals surface area (Å²) in [4.78, 5) is 28.8. The van der Waals surface area contributed by atoms with Crippen molar-refractivity contribution in [2.45, 2.75) is 49.6 Å². The third kappa shape index (κ3) is 5.41. The SMILES string of the molecule is O=C1CN(Cc2ccc(CCS(=O)(=O)c3cccc(OC4CCCC4)c3)nc2)C(=O)N1. The maximum Gasteiger partial charge on any atom is 0.324 e. The van der Waals surface area contributed by atoms with E-state index in [4.69, 9.17) is 4.74 Å². The molecule has 4 rings (SSSR count). The second-order valence-electron chi connectivity index (χ2n) is 7.94. The number of carbonyl (C=O) groups is 2. The Hall–Kier alpha value is -2.94. The average Bonchev–Trinajstić information content (AvgIpc) is 3.37. The lowest BCUT2D eigenvalue weighted by Gasteiger charge is -2.14. The average molecular weight is 444 g/mol. The zero-order chi connectivity index (χ0) is 21.8. The predicted octanol–water partition coefficient (Wildman–Crippen LogP) is 2.47. The molecule has 164 valence electrons. The first-order chi connectivity index (χ1) is 14.9. The number of urea groups is 1. The van der Waals surface area contributed by atoms with E-state index in [9.17, 15) is 18.0 Å². The fourth-order valence-electron chi connectivity index (χ4n) is 3.82. The molecule has 2 aromatic rings. The zero-order valence-electron chi connectivity index (χ0n) is 17.1. The van der Waals surface area contributed by atoms with Crippen LogP contribution in [0.1, 0.15) is 36.9 Å². The van der Waals surface area contributed by atoms with Crippen molar-refractivity contribution in [2.75, 3.05) is 12.3 Å². The van der Waals surface area contributed by atoms with Crippen molar-refractivity contribution in [1.82, 2.24) is 15.2 Å². The number of rotatable bonds is 8. The van der Waals surface area contributed by atoms with Crippen LogP contribution >= 0.6 is 0 Å². The molecule has 1 aliphatic carbocycles. The summed E-state index contributed by atoms with van der Waals surface area (Å²) in [6, 6.07) is 9.83. The van der Waals surface area contributed by atoms with Gasteiger partial charge in [-0.3, -0.25) is 15.1 Å². The molecule has 31 heavy (non-hydrogen) atoms. The summed E-state index contributed by atoms with van der Waals surface area (Å²) in [6.07, 6.45) is 6.38. The number of benzene rings is 1. The van der Waals surface area contributed by atoms with Crippen LogP contribution in [0.15, 0.2) is 47.5 Å². The minimum absolute atomic E-state index is 0.0301. The maximum absolute atomic E-state index is 12.8. The number of carbonyl (C=O) groups excluding carboxylic acids is 2. The van der Waals surface area contributed by atoms with Crippen molar-refractivity contribution in [2.24, 2.45) is 0 Å². The summed E-state index contributed by atoms with van der Waals surface area (Å²) < 4.78 is 31.5. The Kier molecular flexibility index (Phi) is 6.22. The number of hydrogen-bond acceptors (Lipinski definition) is 6. The van der Waals surface area contributed by atoms with Gasteiger partial charge in [0.2, 0.25) is 5.91 Å². The lowest BCUT2D eigenvalue weighted by Crippen LogP contribution is -2.27. The third-order valence-corrected chi connectivity index (χ3v) is 7.24. The molecule has 1 aliphatic heterocycles. The van der Waals surface area contributed by atoms with Gasteiger partial charge in [0.1, 0.15) is 12.3 Å². The molecule has 1 saturated carbocycles. The minimum atomic E-state index is -3.48. The quantitative estimate of drug-likeness (QED) is 0.629. The minimum Gasteiger partial charge on any atom is -0.490 e. The van der Waals surface area contributed by atoms with E-state index in [0.29, 0.717) is 11.4 Å². The standard InChI is InChI=1S/C22H25N3O5S/c26-21-15-25(22(27)24-21)14-16-8-9-17(23-13-16)10-11-31(28,29)20-7-3-6-19(12-20)30-18-4-1-2-5-18/h3,6-9,12-13,18H,1-2,4-5,10-11,14-15H2,(H,24,26,27). The maximum atomic E-state index is 12.8. The largest absolute Gasteiger partial charge is 0.490 e. The van der Waals surface area contributed by atoms with Crippen molar-refractivity contribution >= 4 is 21.8 Å². The normalized spacial score (nSPS) is 17.2. The van der Waals surface area contributed by atoms with E-state index in [-0.39, 0.29) is 42.2 Å². The number of nitrogens with one attached hydrogen (secondary N) is 1. The fourth-order valence-corrected chi connectivity index (χ4v) is 5.12. The molecule has 3 amide bonds. The number of hydrogen-bond donors (Lipinski definition) is 1. The van der Waals surface area contributed by atoms with Gasteiger partial charge < -0.3 is 9.64 Å². The third-order valence-electron chi connectivity index (χ3n) is 5.52. The molecule has 1 saturated heterocycles.